The Morgan fingerprint density at radius 2 is 1.63 bits per heavy atom. The van der Waals surface area contributed by atoms with Crippen LogP contribution in [0.4, 0.5) is 5.95 Å². The molecule has 2 N–H and O–H groups in total. The van der Waals surface area contributed by atoms with E-state index in [1.54, 1.807) is 20.3 Å². The van der Waals surface area contributed by atoms with Crippen molar-refractivity contribution in [1.82, 2.24) is 15.0 Å². The lowest BCUT2D eigenvalue weighted by Crippen LogP contribution is -2.01. The van der Waals surface area contributed by atoms with Gasteiger partial charge in [0.1, 0.15) is 11.5 Å². The first kappa shape index (κ1) is 13.4. The van der Waals surface area contributed by atoms with Crippen LogP contribution >= 0.6 is 11.8 Å². The molecule has 0 aliphatic carbocycles. The van der Waals surface area contributed by atoms with Crippen LogP contribution in [0.2, 0.25) is 0 Å². The molecule has 1 aromatic carbocycles. The molecule has 0 unspecified atom stereocenters. The van der Waals surface area contributed by atoms with Crippen molar-refractivity contribution in [3.8, 4) is 22.9 Å². The third-order valence-corrected chi connectivity index (χ3v) is 2.97. The van der Waals surface area contributed by atoms with Gasteiger partial charge in [-0.05, 0) is 18.4 Å². The molecule has 1 heterocycles. The van der Waals surface area contributed by atoms with Crippen LogP contribution in [0.5, 0.6) is 11.5 Å². The van der Waals surface area contributed by atoms with Gasteiger partial charge in [0.2, 0.25) is 5.95 Å². The van der Waals surface area contributed by atoms with E-state index in [9.17, 15) is 0 Å². The van der Waals surface area contributed by atoms with Gasteiger partial charge in [0.25, 0.3) is 0 Å². The Hall–Kier alpha value is -2.02. The van der Waals surface area contributed by atoms with Crippen molar-refractivity contribution in [2.45, 2.75) is 5.16 Å². The number of rotatable bonds is 4. The van der Waals surface area contributed by atoms with Gasteiger partial charge in [-0.25, -0.2) is 4.98 Å². The van der Waals surface area contributed by atoms with Gasteiger partial charge in [0.15, 0.2) is 11.0 Å². The number of anilines is 1. The van der Waals surface area contributed by atoms with Gasteiger partial charge in [0.05, 0.1) is 14.2 Å². The number of methoxy groups -OCH3 is 2. The zero-order valence-corrected chi connectivity index (χ0v) is 11.7. The van der Waals surface area contributed by atoms with Crippen molar-refractivity contribution in [2.75, 3.05) is 26.2 Å². The molecule has 100 valence electrons. The average molecular weight is 278 g/mol. The van der Waals surface area contributed by atoms with Crippen molar-refractivity contribution in [3.63, 3.8) is 0 Å². The molecule has 2 aromatic rings. The minimum Gasteiger partial charge on any atom is -0.497 e. The number of hydrogen-bond donors (Lipinski definition) is 1. The minimum atomic E-state index is 0.191. The molecule has 0 spiro atoms. The summed E-state index contributed by atoms with van der Waals surface area (Å²) >= 11 is 1.41. The Balaban J connectivity index is 2.54. The molecule has 7 heteroatoms. The third kappa shape index (κ3) is 3.05. The highest BCUT2D eigenvalue weighted by Gasteiger charge is 2.09. The van der Waals surface area contributed by atoms with Crippen molar-refractivity contribution >= 4 is 17.7 Å². The molecular formula is C12H14N4O2S. The van der Waals surface area contributed by atoms with Crippen molar-refractivity contribution in [1.29, 1.82) is 0 Å². The van der Waals surface area contributed by atoms with E-state index in [0.717, 1.165) is 5.56 Å². The van der Waals surface area contributed by atoms with Crippen molar-refractivity contribution < 1.29 is 9.47 Å². The second kappa shape index (κ2) is 5.75. The Morgan fingerprint density at radius 3 is 2.16 bits per heavy atom. The fourth-order valence-electron chi connectivity index (χ4n) is 1.53. The Morgan fingerprint density at radius 1 is 1.00 bits per heavy atom. The number of benzene rings is 1. The summed E-state index contributed by atoms with van der Waals surface area (Å²) in [7, 11) is 3.18. The first-order chi connectivity index (χ1) is 9.16. The number of hydrogen-bond acceptors (Lipinski definition) is 7. The summed E-state index contributed by atoms with van der Waals surface area (Å²) in [6, 6.07) is 5.42. The number of nitrogens with zero attached hydrogens (tertiary/aromatic N) is 3. The number of aromatic nitrogens is 3. The number of ether oxygens (including phenoxy) is 2. The van der Waals surface area contributed by atoms with Crippen LogP contribution in [0, 0.1) is 0 Å². The summed E-state index contributed by atoms with van der Waals surface area (Å²) in [5.41, 5.74) is 6.44. The summed E-state index contributed by atoms with van der Waals surface area (Å²) in [5, 5.41) is 0.573. The van der Waals surface area contributed by atoms with Crippen LogP contribution in [0.1, 0.15) is 0 Å². The van der Waals surface area contributed by atoms with Gasteiger partial charge in [-0.3, -0.25) is 0 Å². The maximum atomic E-state index is 5.68. The van der Waals surface area contributed by atoms with Crippen LogP contribution in [-0.4, -0.2) is 35.4 Å². The van der Waals surface area contributed by atoms with Gasteiger partial charge < -0.3 is 15.2 Å². The lowest BCUT2D eigenvalue weighted by atomic mass is 10.2. The van der Waals surface area contributed by atoms with E-state index >= 15 is 0 Å². The molecule has 0 radical (unpaired) electrons. The topological polar surface area (TPSA) is 83.2 Å². The van der Waals surface area contributed by atoms with E-state index in [1.165, 1.54) is 11.8 Å². The quantitative estimate of drug-likeness (QED) is 0.854. The molecule has 0 amide bonds. The van der Waals surface area contributed by atoms with E-state index in [0.29, 0.717) is 22.5 Å². The molecule has 1 aromatic heterocycles. The summed E-state index contributed by atoms with van der Waals surface area (Å²) in [5.74, 6) is 2.02. The fraction of sp³-hybridized carbons (Fsp3) is 0.250. The monoisotopic (exact) mass is 278 g/mol. The second-order valence-corrected chi connectivity index (χ2v) is 4.38. The van der Waals surface area contributed by atoms with Crippen LogP contribution in [0.25, 0.3) is 11.4 Å². The molecule has 0 saturated carbocycles. The Kier molecular flexibility index (Phi) is 4.06. The molecule has 2 rings (SSSR count). The molecule has 0 bridgehead atoms. The number of thioether (sulfide) groups is 1. The zero-order chi connectivity index (χ0) is 13.8. The van der Waals surface area contributed by atoms with Crippen LogP contribution in [0.3, 0.4) is 0 Å². The first-order valence-corrected chi connectivity index (χ1v) is 6.67. The number of nitrogen functional groups attached to an aromatic ring is 1. The summed E-state index contributed by atoms with van der Waals surface area (Å²) in [4.78, 5) is 12.5. The molecular weight excluding hydrogens is 264 g/mol. The molecule has 19 heavy (non-hydrogen) atoms. The highest BCUT2D eigenvalue weighted by Crippen LogP contribution is 2.28. The number of nitrogens with two attached hydrogens (primary N) is 1. The largest absolute Gasteiger partial charge is 0.497 e. The Bertz CT molecular complexity index is 570. The normalized spacial score (nSPS) is 10.3. The highest BCUT2D eigenvalue weighted by molar-refractivity contribution is 7.98. The Labute approximate surface area is 115 Å². The van der Waals surface area contributed by atoms with E-state index in [1.807, 2.05) is 18.4 Å². The van der Waals surface area contributed by atoms with E-state index in [-0.39, 0.29) is 5.95 Å². The van der Waals surface area contributed by atoms with Crippen molar-refractivity contribution in [3.05, 3.63) is 18.2 Å². The van der Waals surface area contributed by atoms with Crippen LogP contribution in [-0.2, 0) is 0 Å². The second-order valence-electron chi connectivity index (χ2n) is 3.61. The molecule has 0 atom stereocenters. The van der Waals surface area contributed by atoms with Gasteiger partial charge in [-0.1, -0.05) is 11.8 Å². The molecule has 6 nitrogen and oxygen atoms in total. The third-order valence-electron chi connectivity index (χ3n) is 2.42. The van der Waals surface area contributed by atoms with Crippen LogP contribution < -0.4 is 15.2 Å². The molecule has 0 aliphatic heterocycles. The van der Waals surface area contributed by atoms with Gasteiger partial charge in [0, 0.05) is 11.6 Å². The lowest BCUT2D eigenvalue weighted by molar-refractivity contribution is 0.394. The zero-order valence-electron chi connectivity index (χ0n) is 10.9. The van der Waals surface area contributed by atoms with Gasteiger partial charge in [-0.2, -0.15) is 9.97 Å². The smallest absolute Gasteiger partial charge is 0.224 e. The maximum absolute atomic E-state index is 5.68. The first-order valence-electron chi connectivity index (χ1n) is 5.45. The maximum Gasteiger partial charge on any atom is 0.224 e. The van der Waals surface area contributed by atoms with E-state index < -0.39 is 0 Å². The van der Waals surface area contributed by atoms with Crippen LogP contribution in [0.15, 0.2) is 23.4 Å². The average Bonchev–Trinajstić information content (AvgIpc) is 2.45. The highest BCUT2D eigenvalue weighted by atomic mass is 32.2. The van der Waals surface area contributed by atoms with E-state index in [4.69, 9.17) is 15.2 Å². The predicted octanol–water partition coefficient (Wildman–Crippen LogP) is 1.86. The fourth-order valence-corrected chi connectivity index (χ4v) is 1.89. The van der Waals surface area contributed by atoms with E-state index in [2.05, 4.69) is 15.0 Å². The minimum absolute atomic E-state index is 0.191. The van der Waals surface area contributed by atoms with Gasteiger partial charge in [-0.15, -0.1) is 0 Å². The molecule has 0 fully saturated rings. The van der Waals surface area contributed by atoms with Gasteiger partial charge >= 0.3 is 0 Å². The summed E-state index contributed by atoms with van der Waals surface area (Å²) < 4.78 is 10.4. The summed E-state index contributed by atoms with van der Waals surface area (Å²) in [6.07, 6.45) is 1.88. The molecule has 0 aliphatic rings. The predicted molar refractivity (Wildman–Crippen MR) is 74.6 cm³/mol. The standard InChI is InChI=1S/C12H14N4O2S/c1-17-8-4-7(5-9(6-8)18-2)10-14-11(13)16-12(15-10)19-3/h4-6H,1-3H3,(H2,13,14,15,16). The van der Waals surface area contributed by atoms with Crippen molar-refractivity contribution in [2.24, 2.45) is 0 Å². The molecule has 0 saturated heterocycles. The SMILES string of the molecule is COc1cc(OC)cc(-c2nc(N)nc(SC)n2)c1. The summed E-state index contributed by atoms with van der Waals surface area (Å²) in [6.45, 7) is 0. The lowest BCUT2D eigenvalue weighted by Gasteiger charge is -2.08.